The van der Waals surface area contributed by atoms with E-state index < -0.39 is 0 Å². The molecule has 2 heterocycles. The predicted molar refractivity (Wildman–Crippen MR) is 76.9 cm³/mol. The van der Waals surface area contributed by atoms with Gasteiger partial charge in [-0.15, -0.1) is 11.3 Å². The first-order valence-electron chi connectivity index (χ1n) is 6.32. The molecule has 0 radical (unpaired) electrons. The van der Waals surface area contributed by atoms with Crippen molar-refractivity contribution in [2.75, 3.05) is 38.1 Å². The Hall–Kier alpha value is -1.39. The molecule has 18 heavy (non-hydrogen) atoms. The second kappa shape index (κ2) is 4.71. The van der Waals surface area contributed by atoms with E-state index >= 15 is 0 Å². The third kappa shape index (κ3) is 2.02. The zero-order chi connectivity index (χ0) is 12.5. The van der Waals surface area contributed by atoms with E-state index in [0.29, 0.717) is 0 Å². The van der Waals surface area contributed by atoms with E-state index in [1.54, 1.807) is 16.2 Å². The van der Waals surface area contributed by atoms with Crippen molar-refractivity contribution >= 4 is 27.1 Å². The minimum atomic E-state index is 0.184. The van der Waals surface area contributed by atoms with Crippen molar-refractivity contribution in [1.82, 2.24) is 0 Å². The van der Waals surface area contributed by atoms with Gasteiger partial charge in [0, 0.05) is 15.5 Å². The van der Waals surface area contributed by atoms with E-state index in [-0.39, 0.29) is 5.43 Å². The number of rotatable bonds is 1. The fourth-order valence-electron chi connectivity index (χ4n) is 2.42. The van der Waals surface area contributed by atoms with Gasteiger partial charge in [0.05, 0.1) is 38.9 Å². The van der Waals surface area contributed by atoms with E-state index in [4.69, 9.17) is 0 Å². The van der Waals surface area contributed by atoms with Crippen LogP contribution in [0.15, 0.2) is 34.4 Å². The third-order valence-corrected chi connectivity index (χ3v) is 4.57. The van der Waals surface area contributed by atoms with E-state index in [0.717, 1.165) is 42.0 Å². The maximum atomic E-state index is 12.5. The topological polar surface area (TPSA) is 24.8 Å². The summed E-state index contributed by atoms with van der Waals surface area (Å²) in [6.45, 7) is 4.17. The Morgan fingerprint density at radius 1 is 1.22 bits per heavy atom. The highest BCUT2D eigenvalue weighted by atomic mass is 32.1. The average molecular weight is 261 g/mol. The van der Waals surface area contributed by atoms with Crippen LogP contribution in [0.25, 0.3) is 10.1 Å². The number of piperazine rings is 1. The second-order valence-corrected chi connectivity index (χ2v) is 5.80. The minimum absolute atomic E-state index is 0.184. The molecule has 1 aromatic heterocycles. The van der Waals surface area contributed by atoms with Gasteiger partial charge in [-0.1, -0.05) is 12.1 Å². The highest BCUT2D eigenvalue weighted by molar-refractivity contribution is 7.16. The van der Waals surface area contributed by atoms with Gasteiger partial charge >= 0.3 is 0 Å². The number of benzene rings is 1. The van der Waals surface area contributed by atoms with Gasteiger partial charge in [0.15, 0.2) is 0 Å². The van der Waals surface area contributed by atoms with Crippen molar-refractivity contribution in [3.05, 3.63) is 39.9 Å². The molecular weight excluding hydrogens is 244 g/mol. The Kier molecular flexibility index (Phi) is 3.06. The van der Waals surface area contributed by atoms with Gasteiger partial charge < -0.3 is 9.80 Å². The summed E-state index contributed by atoms with van der Waals surface area (Å²) in [5.41, 5.74) is 1.06. The Bertz CT molecular complexity index is 614. The lowest BCUT2D eigenvalue weighted by Crippen LogP contribution is -3.12. The smallest absolute Gasteiger partial charge is 0.211 e. The molecule has 2 aromatic rings. The number of hydrogen-bond acceptors (Lipinski definition) is 3. The minimum Gasteiger partial charge on any atom is -0.356 e. The van der Waals surface area contributed by atoms with Crippen LogP contribution in [0.5, 0.6) is 0 Å². The van der Waals surface area contributed by atoms with E-state index in [1.807, 2.05) is 29.6 Å². The fourth-order valence-corrected chi connectivity index (χ4v) is 3.35. The molecule has 3 nitrogen and oxygen atoms in total. The van der Waals surface area contributed by atoms with Gasteiger partial charge in [-0.2, -0.15) is 0 Å². The molecular formula is C14H17N2OS+. The van der Waals surface area contributed by atoms with Gasteiger partial charge in [0.2, 0.25) is 5.43 Å². The molecule has 0 saturated carbocycles. The number of likely N-dealkylation sites (N-methyl/N-ethyl adjacent to an activating group) is 1. The molecule has 0 spiro atoms. The van der Waals surface area contributed by atoms with Crippen LogP contribution in [-0.2, 0) is 0 Å². The number of quaternary nitrogens is 1. The lowest BCUT2D eigenvalue weighted by molar-refractivity contribution is -0.880. The lowest BCUT2D eigenvalue weighted by Gasteiger charge is -2.31. The predicted octanol–water partition coefficient (Wildman–Crippen LogP) is 0.596. The maximum Gasteiger partial charge on any atom is 0.211 e. The molecule has 1 aliphatic heterocycles. The van der Waals surface area contributed by atoms with E-state index in [1.165, 1.54) is 0 Å². The molecule has 1 aliphatic rings. The molecule has 0 unspecified atom stereocenters. The van der Waals surface area contributed by atoms with Crippen LogP contribution < -0.4 is 15.2 Å². The van der Waals surface area contributed by atoms with Crippen molar-refractivity contribution in [3.63, 3.8) is 0 Å². The first-order valence-corrected chi connectivity index (χ1v) is 7.20. The van der Waals surface area contributed by atoms with Gasteiger partial charge in [0.25, 0.3) is 0 Å². The molecule has 94 valence electrons. The van der Waals surface area contributed by atoms with Gasteiger partial charge in [-0.05, 0) is 12.1 Å². The number of nitrogens with zero attached hydrogens (tertiary/aromatic N) is 1. The van der Waals surface area contributed by atoms with Crippen LogP contribution in [0.1, 0.15) is 0 Å². The molecule has 1 N–H and O–H groups in total. The standard InChI is InChI=1S/C14H16N2OS/c1-15-6-8-16(9-7-15)12-10-18-13-5-3-2-4-11(13)14(12)17/h2-5,10H,6-9H2,1H3/p+1. The zero-order valence-corrected chi connectivity index (χ0v) is 11.3. The van der Waals surface area contributed by atoms with Crippen LogP contribution in [0.2, 0.25) is 0 Å². The van der Waals surface area contributed by atoms with Crippen molar-refractivity contribution in [2.45, 2.75) is 0 Å². The summed E-state index contributed by atoms with van der Waals surface area (Å²) in [7, 11) is 2.21. The van der Waals surface area contributed by atoms with Crippen LogP contribution >= 0.6 is 11.3 Å². The van der Waals surface area contributed by atoms with E-state index in [2.05, 4.69) is 11.9 Å². The van der Waals surface area contributed by atoms with Crippen molar-refractivity contribution in [3.8, 4) is 0 Å². The molecule has 0 bridgehead atoms. The first kappa shape index (κ1) is 11.7. The highest BCUT2D eigenvalue weighted by Crippen LogP contribution is 2.20. The molecule has 1 fully saturated rings. The van der Waals surface area contributed by atoms with Crippen LogP contribution in [0.4, 0.5) is 5.69 Å². The molecule has 4 heteroatoms. The Labute approximate surface area is 110 Å². The van der Waals surface area contributed by atoms with Crippen molar-refractivity contribution < 1.29 is 4.90 Å². The maximum absolute atomic E-state index is 12.5. The lowest BCUT2D eigenvalue weighted by atomic mass is 10.2. The van der Waals surface area contributed by atoms with Gasteiger partial charge in [-0.3, -0.25) is 4.79 Å². The second-order valence-electron chi connectivity index (χ2n) is 4.89. The number of nitrogens with one attached hydrogen (secondary N) is 1. The first-order chi connectivity index (χ1) is 8.75. The monoisotopic (exact) mass is 261 g/mol. The molecule has 0 amide bonds. The molecule has 0 aliphatic carbocycles. The third-order valence-electron chi connectivity index (χ3n) is 3.62. The quantitative estimate of drug-likeness (QED) is 0.813. The zero-order valence-electron chi connectivity index (χ0n) is 10.5. The van der Waals surface area contributed by atoms with Crippen molar-refractivity contribution in [2.24, 2.45) is 0 Å². The summed E-state index contributed by atoms with van der Waals surface area (Å²) in [6, 6.07) is 7.86. The summed E-state index contributed by atoms with van der Waals surface area (Å²) >= 11 is 1.66. The Morgan fingerprint density at radius 2 is 1.94 bits per heavy atom. The van der Waals surface area contributed by atoms with Crippen molar-refractivity contribution in [1.29, 1.82) is 0 Å². The highest BCUT2D eigenvalue weighted by Gasteiger charge is 2.19. The number of hydrogen-bond donors (Lipinski definition) is 1. The molecule has 1 aromatic carbocycles. The fraction of sp³-hybridized carbons (Fsp3) is 0.357. The molecule has 3 rings (SSSR count). The summed E-state index contributed by atoms with van der Waals surface area (Å²) < 4.78 is 1.08. The normalized spacial score (nSPS) is 17.3. The Balaban J connectivity index is 2.02. The molecule has 0 atom stereocenters. The van der Waals surface area contributed by atoms with Gasteiger partial charge in [0.1, 0.15) is 0 Å². The van der Waals surface area contributed by atoms with E-state index in [9.17, 15) is 4.79 Å². The van der Waals surface area contributed by atoms with Crippen LogP contribution in [0, 0.1) is 0 Å². The molecule has 1 saturated heterocycles. The summed E-state index contributed by atoms with van der Waals surface area (Å²) in [5.74, 6) is 0. The number of anilines is 1. The van der Waals surface area contributed by atoms with Crippen LogP contribution in [0.3, 0.4) is 0 Å². The largest absolute Gasteiger partial charge is 0.356 e. The summed E-state index contributed by atoms with van der Waals surface area (Å²) in [6.07, 6.45) is 0. The Morgan fingerprint density at radius 3 is 2.72 bits per heavy atom. The summed E-state index contributed by atoms with van der Waals surface area (Å²) in [5, 5.41) is 2.87. The average Bonchev–Trinajstić information content (AvgIpc) is 2.41. The summed E-state index contributed by atoms with van der Waals surface area (Å²) in [4.78, 5) is 16.2. The van der Waals surface area contributed by atoms with Gasteiger partial charge in [-0.25, -0.2) is 0 Å². The SMILES string of the molecule is C[NH+]1CCN(c2csc3ccccc3c2=O)CC1. The number of fused-ring (bicyclic) bond motifs is 1. The van der Waals surface area contributed by atoms with Crippen LogP contribution in [-0.4, -0.2) is 33.2 Å².